The van der Waals surface area contributed by atoms with Gasteiger partial charge in [-0.15, -0.1) is 0 Å². The Morgan fingerprint density at radius 3 is 2.57 bits per heavy atom. The monoisotopic (exact) mass is 426 g/mol. The smallest absolute Gasteiger partial charge is 0.253 e. The van der Waals surface area contributed by atoms with Crippen molar-refractivity contribution in [1.29, 1.82) is 0 Å². The summed E-state index contributed by atoms with van der Waals surface area (Å²) < 4.78 is 16.4. The SMILES string of the molecule is O=C(c1ccc(N2CCOCC2)cc1)N1CCSC(c2ccc3c(c2)OCO3)CC1. The van der Waals surface area contributed by atoms with Gasteiger partial charge in [-0.05, 0) is 48.4 Å². The predicted molar refractivity (Wildman–Crippen MR) is 118 cm³/mol. The summed E-state index contributed by atoms with van der Waals surface area (Å²) in [6.07, 6.45) is 0.932. The van der Waals surface area contributed by atoms with Gasteiger partial charge in [0.25, 0.3) is 5.91 Å². The van der Waals surface area contributed by atoms with Gasteiger partial charge < -0.3 is 24.0 Å². The molecule has 0 spiro atoms. The predicted octanol–water partition coefficient (Wildman–Crippen LogP) is 3.57. The number of fused-ring (bicyclic) bond motifs is 1. The lowest BCUT2D eigenvalue weighted by Crippen LogP contribution is -2.36. The van der Waals surface area contributed by atoms with Crippen LogP contribution in [0.15, 0.2) is 42.5 Å². The number of nitrogens with zero attached hydrogens (tertiary/aromatic N) is 2. The van der Waals surface area contributed by atoms with E-state index in [2.05, 4.69) is 29.2 Å². The number of anilines is 1. The molecule has 2 aromatic rings. The highest BCUT2D eigenvalue weighted by atomic mass is 32.2. The molecule has 3 heterocycles. The van der Waals surface area contributed by atoms with E-state index in [0.29, 0.717) is 12.0 Å². The topological polar surface area (TPSA) is 51.2 Å². The Balaban J connectivity index is 1.22. The van der Waals surface area contributed by atoms with Crippen molar-refractivity contribution in [3.8, 4) is 11.5 Å². The standard InChI is InChI=1S/C23H26N2O4S/c26-23(17-1-4-19(5-2-17)24-9-12-27-13-10-24)25-8-7-22(30-14-11-25)18-3-6-20-21(15-18)29-16-28-20/h1-6,15,22H,7-14,16H2. The van der Waals surface area contributed by atoms with Crippen LogP contribution < -0.4 is 14.4 Å². The normalized spacial score (nSPS) is 21.4. The third-order valence-corrected chi connectivity index (χ3v) is 7.22. The molecule has 2 saturated heterocycles. The second-order valence-electron chi connectivity index (χ2n) is 7.70. The fourth-order valence-electron chi connectivity index (χ4n) is 4.17. The molecule has 3 aliphatic heterocycles. The summed E-state index contributed by atoms with van der Waals surface area (Å²) in [5.41, 5.74) is 3.16. The van der Waals surface area contributed by atoms with Crippen molar-refractivity contribution >= 4 is 23.4 Å². The van der Waals surface area contributed by atoms with Crippen LogP contribution in [0.2, 0.25) is 0 Å². The van der Waals surface area contributed by atoms with Gasteiger partial charge in [0.2, 0.25) is 6.79 Å². The Labute approximate surface area is 181 Å². The molecule has 6 nitrogen and oxygen atoms in total. The molecule has 0 saturated carbocycles. The Morgan fingerprint density at radius 1 is 0.933 bits per heavy atom. The molecule has 1 amide bonds. The minimum Gasteiger partial charge on any atom is -0.454 e. The fourth-order valence-corrected chi connectivity index (χ4v) is 5.39. The molecule has 0 aromatic heterocycles. The van der Waals surface area contributed by atoms with Gasteiger partial charge in [0.05, 0.1) is 13.2 Å². The minimum atomic E-state index is 0.121. The summed E-state index contributed by atoms with van der Waals surface area (Å²) >= 11 is 1.91. The van der Waals surface area contributed by atoms with Crippen LogP contribution in [-0.2, 0) is 4.74 Å². The molecular weight excluding hydrogens is 400 g/mol. The van der Waals surface area contributed by atoms with E-state index in [1.165, 1.54) is 5.56 Å². The van der Waals surface area contributed by atoms with Gasteiger partial charge in [-0.1, -0.05) is 6.07 Å². The Morgan fingerprint density at radius 2 is 1.73 bits per heavy atom. The maximum absolute atomic E-state index is 13.1. The van der Waals surface area contributed by atoms with Crippen molar-refractivity contribution in [3.05, 3.63) is 53.6 Å². The lowest BCUT2D eigenvalue weighted by molar-refractivity contribution is 0.0766. The van der Waals surface area contributed by atoms with Gasteiger partial charge in [-0.25, -0.2) is 0 Å². The number of benzene rings is 2. The first-order chi connectivity index (χ1) is 14.8. The highest BCUT2D eigenvalue weighted by Crippen LogP contribution is 2.40. The van der Waals surface area contributed by atoms with Gasteiger partial charge in [0, 0.05) is 48.4 Å². The number of thioether (sulfide) groups is 1. The largest absolute Gasteiger partial charge is 0.454 e. The van der Waals surface area contributed by atoms with E-state index in [1.54, 1.807) is 0 Å². The maximum atomic E-state index is 13.1. The second-order valence-corrected chi connectivity index (χ2v) is 9.01. The average Bonchev–Trinajstić information content (AvgIpc) is 3.14. The molecule has 2 aromatic carbocycles. The summed E-state index contributed by atoms with van der Waals surface area (Å²) in [5.74, 6) is 2.69. The Bertz CT molecular complexity index is 899. The molecule has 2 fully saturated rings. The maximum Gasteiger partial charge on any atom is 0.253 e. The zero-order valence-electron chi connectivity index (χ0n) is 16.9. The molecule has 7 heteroatoms. The van der Waals surface area contributed by atoms with Crippen molar-refractivity contribution in [3.63, 3.8) is 0 Å². The summed E-state index contributed by atoms with van der Waals surface area (Å²) in [4.78, 5) is 17.4. The molecule has 3 aliphatic rings. The van der Waals surface area contributed by atoms with Crippen LogP contribution in [0.3, 0.4) is 0 Å². The van der Waals surface area contributed by atoms with Gasteiger partial charge in [-0.3, -0.25) is 4.79 Å². The number of morpholine rings is 1. The van der Waals surface area contributed by atoms with Crippen LogP contribution in [0.1, 0.15) is 27.6 Å². The molecule has 1 unspecified atom stereocenters. The molecule has 158 valence electrons. The first-order valence-electron chi connectivity index (χ1n) is 10.5. The zero-order chi connectivity index (χ0) is 20.3. The third kappa shape index (κ3) is 4.09. The summed E-state index contributed by atoms with van der Waals surface area (Å²) in [6.45, 7) is 5.15. The highest BCUT2D eigenvalue weighted by Gasteiger charge is 2.25. The van der Waals surface area contributed by atoms with Crippen LogP contribution in [0, 0.1) is 0 Å². The van der Waals surface area contributed by atoms with Gasteiger partial charge in [0.15, 0.2) is 11.5 Å². The van der Waals surface area contributed by atoms with Crippen molar-refractivity contribution in [2.45, 2.75) is 11.7 Å². The van der Waals surface area contributed by atoms with E-state index in [1.807, 2.05) is 34.9 Å². The van der Waals surface area contributed by atoms with Crippen molar-refractivity contribution < 1.29 is 19.0 Å². The first-order valence-corrected chi connectivity index (χ1v) is 11.6. The lowest BCUT2D eigenvalue weighted by Gasteiger charge is -2.29. The lowest BCUT2D eigenvalue weighted by atomic mass is 10.1. The number of rotatable bonds is 3. The van der Waals surface area contributed by atoms with Crippen molar-refractivity contribution in [2.24, 2.45) is 0 Å². The van der Waals surface area contributed by atoms with Crippen molar-refractivity contribution in [2.75, 3.05) is 56.8 Å². The average molecular weight is 427 g/mol. The Hall–Kier alpha value is -2.38. The summed E-state index contributed by atoms with van der Waals surface area (Å²) in [5, 5.41) is 0.362. The quantitative estimate of drug-likeness (QED) is 0.748. The number of amides is 1. The molecule has 5 rings (SSSR count). The Kier molecular flexibility index (Phi) is 5.73. The third-order valence-electron chi connectivity index (χ3n) is 5.89. The van der Waals surface area contributed by atoms with Crippen molar-refractivity contribution in [1.82, 2.24) is 4.90 Å². The van der Waals surface area contributed by atoms with E-state index < -0.39 is 0 Å². The fraction of sp³-hybridized carbons (Fsp3) is 0.435. The molecule has 0 radical (unpaired) electrons. The zero-order valence-corrected chi connectivity index (χ0v) is 17.7. The molecule has 0 bridgehead atoms. The highest BCUT2D eigenvalue weighted by molar-refractivity contribution is 7.99. The number of ether oxygens (including phenoxy) is 3. The summed E-state index contributed by atoms with van der Waals surface area (Å²) in [7, 11) is 0. The molecule has 30 heavy (non-hydrogen) atoms. The van der Waals surface area contributed by atoms with Gasteiger partial charge in [-0.2, -0.15) is 11.8 Å². The number of carbonyl (C=O) groups is 1. The first kappa shape index (κ1) is 19.6. The number of hydrogen-bond donors (Lipinski definition) is 0. The summed E-state index contributed by atoms with van der Waals surface area (Å²) in [6, 6.07) is 14.2. The van der Waals surface area contributed by atoms with E-state index in [9.17, 15) is 4.79 Å². The van der Waals surface area contributed by atoms with E-state index >= 15 is 0 Å². The van der Waals surface area contributed by atoms with Gasteiger partial charge >= 0.3 is 0 Å². The van der Waals surface area contributed by atoms with Gasteiger partial charge in [0.1, 0.15) is 0 Å². The van der Waals surface area contributed by atoms with Crippen LogP contribution in [0.25, 0.3) is 0 Å². The van der Waals surface area contributed by atoms with E-state index in [-0.39, 0.29) is 5.91 Å². The number of hydrogen-bond acceptors (Lipinski definition) is 6. The molecular formula is C23H26N2O4S. The van der Waals surface area contributed by atoms with Crippen LogP contribution in [0.5, 0.6) is 11.5 Å². The number of carbonyl (C=O) groups excluding carboxylic acids is 1. The second kappa shape index (κ2) is 8.78. The van der Waals surface area contributed by atoms with E-state index in [0.717, 1.165) is 74.3 Å². The van der Waals surface area contributed by atoms with Crippen LogP contribution >= 0.6 is 11.8 Å². The molecule has 0 aliphatic carbocycles. The van der Waals surface area contributed by atoms with E-state index in [4.69, 9.17) is 14.2 Å². The minimum absolute atomic E-state index is 0.121. The van der Waals surface area contributed by atoms with Crippen LogP contribution in [0.4, 0.5) is 5.69 Å². The molecule has 0 N–H and O–H groups in total. The molecule has 1 atom stereocenters. The van der Waals surface area contributed by atoms with Crippen LogP contribution in [-0.4, -0.2) is 62.7 Å².